The van der Waals surface area contributed by atoms with Gasteiger partial charge in [0.05, 0.1) is 35.9 Å². The predicted molar refractivity (Wildman–Crippen MR) is 188 cm³/mol. The average molecular weight is 730 g/mol. The van der Waals surface area contributed by atoms with Gasteiger partial charge in [0.1, 0.15) is 41.4 Å². The largest absolute Gasteiger partial charge is 0.489 e. The fraction of sp³-hybridized carbons (Fsp3) is 0.921. The van der Waals surface area contributed by atoms with Crippen molar-refractivity contribution in [3.8, 4) is 0 Å². The number of nitrogens with zero attached hydrogens (tertiary/aromatic N) is 1. The second-order valence-corrected chi connectivity index (χ2v) is 16.5. The number of rotatable bonds is 8. The van der Waals surface area contributed by atoms with E-state index < -0.39 is 95.8 Å². The van der Waals surface area contributed by atoms with Crippen molar-refractivity contribution in [1.29, 1.82) is 0 Å². The first-order valence-corrected chi connectivity index (χ1v) is 18.9. The lowest BCUT2D eigenvalue weighted by atomic mass is 9.78. The molecule has 4 aliphatic rings. The van der Waals surface area contributed by atoms with Crippen LogP contribution in [0.4, 0.5) is 0 Å². The van der Waals surface area contributed by atoms with Crippen LogP contribution in [0.2, 0.25) is 0 Å². The van der Waals surface area contributed by atoms with Gasteiger partial charge in [0.15, 0.2) is 12.6 Å². The normalized spacial score (nSPS) is 48.8. The van der Waals surface area contributed by atoms with E-state index in [-0.39, 0.29) is 25.0 Å². The lowest BCUT2D eigenvalue weighted by molar-refractivity contribution is -0.317. The van der Waals surface area contributed by atoms with Crippen LogP contribution in [0.25, 0.3) is 0 Å². The highest BCUT2D eigenvalue weighted by atomic mass is 16.7. The van der Waals surface area contributed by atoms with Gasteiger partial charge in [0.2, 0.25) is 0 Å². The van der Waals surface area contributed by atoms with E-state index in [1.165, 1.54) is 14.0 Å². The minimum atomic E-state index is -1.82. The van der Waals surface area contributed by atoms with Crippen LogP contribution in [0.5, 0.6) is 0 Å². The number of carbonyl (C=O) groups excluding carboxylic acids is 1. The van der Waals surface area contributed by atoms with Crippen molar-refractivity contribution >= 4 is 5.97 Å². The molecule has 0 aromatic rings. The first kappa shape index (κ1) is 42.4. The number of hydrogen-bond donors (Lipinski definition) is 4. The molecule has 51 heavy (non-hydrogen) atoms. The molecule has 0 saturated carbocycles. The molecule has 17 atom stereocenters. The molecule has 2 bridgehead atoms. The maximum atomic E-state index is 14.1. The smallest absolute Gasteiger partial charge is 0.311 e. The Balaban J connectivity index is 1.84. The molecule has 0 aromatic carbocycles. The zero-order valence-electron chi connectivity index (χ0n) is 33.1. The average Bonchev–Trinajstić information content (AvgIpc) is 3.40. The Hall–Kier alpha value is -1.39. The second kappa shape index (κ2) is 16.1. The summed E-state index contributed by atoms with van der Waals surface area (Å²) in [5.74, 6) is -2.31. The van der Waals surface area contributed by atoms with E-state index in [9.17, 15) is 25.2 Å². The Labute approximate surface area is 304 Å². The molecule has 3 fully saturated rings. The van der Waals surface area contributed by atoms with Gasteiger partial charge in [0.25, 0.3) is 0 Å². The summed E-state index contributed by atoms with van der Waals surface area (Å²) in [6.07, 6.45) is -7.37. The maximum absolute atomic E-state index is 14.1. The topological polar surface area (TPSA) is 166 Å². The molecule has 4 heterocycles. The van der Waals surface area contributed by atoms with Crippen molar-refractivity contribution < 1.29 is 58.4 Å². The summed E-state index contributed by atoms with van der Waals surface area (Å²) in [6, 6.07) is -0.221. The minimum Gasteiger partial charge on any atom is -0.489 e. The van der Waals surface area contributed by atoms with Crippen molar-refractivity contribution in [3.05, 3.63) is 11.3 Å². The highest BCUT2D eigenvalue weighted by Gasteiger charge is 2.56. The van der Waals surface area contributed by atoms with E-state index in [1.54, 1.807) is 34.6 Å². The summed E-state index contributed by atoms with van der Waals surface area (Å²) in [6.45, 7) is 20.8. The van der Waals surface area contributed by atoms with Crippen molar-refractivity contribution in [2.45, 2.75) is 186 Å². The van der Waals surface area contributed by atoms with E-state index in [1.807, 2.05) is 41.7 Å². The van der Waals surface area contributed by atoms with Crippen LogP contribution >= 0.6 is 0 Å². The number of fused-ring (bicyclic) bond motifs is 2. The molecule has 0 radical (unpaired) electrons. The monoisotopic (exact) mass is 729 g/mol. The number of esters is 1. The van der Waals surface area contributed by atoms with Crippen molar-refractivity contribution in [3.63, 3.8) is 0 Å². The second-order valence-electron chi connectivity index (χ2n) is 16.5. The molecule has 4 aliphatic heterocycles. The lowest BCUT2D eigenvalue weighted by Gasteiger charge is -2.48. The van der Waals surface area contributed by atoms with Crippen LogP contribution in [-0.2, 0) is 38.0 Å². The summed E-state index contributed by atoms with van der Waals surface area (Å²) < 4.78 is 44.8. The third-order valence-electron chi connectivity index (χ3n) is 12.4. The summed E-state index contributed by atoms with van der Waals surface area (Å²) >= 11 is 0. The fourth-order valence-electron chi connectivity index (χ4n) is 8.89. The van der Waals surface area contributed by atoms with Crippen molar-refractivity contribution in [2.24, 2.45) is 17.8 Å². The Kier molecular flexibility index (Phi) is 13.4. The molecule has 4 N–H and O–H groups in total. The standard InChI is InChI=1S/C38H67NO12/c1-14-26-38(11,44)31(41)21(5)29-19(3)17-37(10,51-29)33(50-35-28(40)25(39(12)15-2)16-20(4)46-35)22(6)30(23(7)34(43)48-26)49-27-18-36(9,45-13)32(42)24(8)47-27/h20-28,30-33,35,40-42,44H,14-18H2,1-13H3/t20-,21+,22+,23-,24+,25+,26-,27+,28-,30+,31-,32+,33-,35+,36-,37+,38-/m1/s1. The predicted octanol–water partition coefficient (Wildman–Crippen LogP) is 3.28. The third kappa shape index (κ3) is 8.33. The van der Waals surface area contributed by atoms with Gasteiger partial charge in [-0.05, 0) is 80.5 Å². The van der Waals surface area contributed by atoms with Gasteiger partial charge >= 0.3 is 5.97 Å². The fourth-order valence-corrected chi connectivity index (χ4v) is 8.89. The zero-order valence-corrected chi connectivity index (χ0v) is 33.1. The van der Waals surface area contributed by atoms with Gasteiger partial charge < -0.3 is 58.5 Å². The third-order valence-corrected chi connectivity index (χ3v) is 12.4. The van der Waals surface area contributed by atoms with Gasteiger partial charge in [-0.2, -0.15) is 0 Å². The Bertz CT molecular complexity index is 1230. The number of methoxy groups -OCH3 is 1. The number of cyclic esters (lactones) is 1. The van der Waals surface area contributed by atoms with Gasteiger partial charge in [0, 0.05) is 37.8 Å². The number of ether oxygens (including phenoxy) is 7. The van der Waals surface area contributed by atoms with E-state index in [4.69, 9.17) is 33.2 Å². The van der Waals surface area contributed by atoms with E-state index >= 15 is 0 Å². The van der Waals surface area contributed by atoms with E-state index in [2.05, 4.69) is 4.90 Å². The minimum absolute atomic E-state index is 0.174. The van der Waals surface area contributed by atoms with Gasteiger partial charge in [-0.1, -0.05) is 27.7 Å². The van der Waals surface area contributed by atoms with Crippen LogP contribution in [0.1, 0.15) is 102 Å². The Morgan fingerprint density at radius 1 is 0.961 bits per heavy atom. The Morgan fingerprint density at radius 2 is 1.61 bits per heavy atom. The number of carbonyl (C=O) groups is 1. The molecule has 0 amide bonds. The molecule has 4 rings (SSSR count). The van der Waals surface area contributed by atoms with Crippen molar-refractivity contribution in [1.82, 2.24) is 4.90 Å². The molecule has 3 saturated heterocycles. The van der Waals surface area contributed by atoms with Crippen LogP contribution in [0.3, 0.4) is 0 Å². The van der Waals surface area contributed by atoms with Crippen LogP contribution < -0.4 is 0 Å². The zero-order chi connectivity index (χ0) is 38.4. The molecule has 0 spiro atoms. The Morgan fingerprint density at radius 3 is 2.20 bits per heavy atom. The molecule has 0 aromatic heterocycles. The molecule has 0 unspecified atom stereocenters. The molecule has 13 nitrogen and oxygen atoms in total. The SMILES string of the molecule is CC[C@H]1OC(=O)[C@H](C)[C@@H](O[C@H]2C[C@@](C)(OC)[C@@H](O)[C@H](C)O2)[C@H](C)[C@@H](O[C@@H]2O[C@H](C)C[C@H](N(C)CC)[C@H]2O)[C@]2(C)CC(C)=C(O2)[C@H](C)[C@@H](O)[C@]1(C)O. The highest BCUT2D eigenvalue weighted by Crippen LogP contribution is 2.47. The van der Waals surface area contributed by atoms with E-state index in [0.717, 1.165) is 12.1 Å². The van der Waals surface area contributed by atoms with Crippen LogP contribution in [-0.4, -0.2) is 136 Å². The van der Waals surface area contributed by atoms with Crippen LogP contribution in [0.15, 0.2) is 11.3 Å². The first-order valence-electron chi connectivity index (χ1n) is 18.9. The first-order chi connectivity index (χ1) is 23.6. The molecular weight excluding hydrogens is 662 g/mol. The van der Waals surface area contributed by atoms with Crippen molar-refractivity contribution in [2.75, 3.05) is 20.7 Å². The molecule has 13 heteroatoms. The number of hydrogen-bond acceptors (Lipinski definition) is 13. The summed E-state index contributed by atoms with van der Waals surface area (Å²) in [5.41, 5.74) is -3.00. The molecule has 0 aliphatic carbocycles. The quantitative estimate of drug-likeness (QED) is 0.269. The van der Waals surface area contributed by atoms with Gasteiger partial charge in [-0.3, -0.25) is 4.79 Å². The van der Waals surface area contributed by atoms with Crippen LogP contribution in [0, 0.1) is 17.8 Å². The van der Waals surface area contributed by atoms with Gasteiger partial charge in [-0.15, -0.1) is 0 Å². The summed E-state index contributed by atoms with van der Waals surface area (Å²) in [4.78, 5) is 16.2. The summed E-state index contributed by atoms with van der Waals surface area (Å²) in [5, 5.41) is 46.0. The number of aliphatic hydroxyl groups is 4. The van der Waals surface area contributed by atoms with Gasteiger partial charge in [-0.25, -0.2) is 0 Å². The number of aliphatic hydroxyl groups excluding tert-OH is 3. The highest BCUT2D eigenvalue weighted by molar-refractivity contribution is 5.73. The maximum Gasteiger partial charge on any atom is 0.311 e. The molecular formula is C38H67NO12. The summed E-state index contributed by atoms with van der Waals surface area (Å²) in [7, 11) is 3.49. The van der Waals surface area contributed by atoms with E-state index in [0.29, 0.717) is 18.6 Å². The number of likely N-dealkylation sites (N-methyl/N-ethyl adjacent to an activating group) is 1. The molecule has 296 valence electrons. The lowest BCUT2D eigenvalue weighted by Crippen LogP contribution is -2.60.